The average Bonchev–Trinajstić information content (AvgIpc) is 2.81. The number of nitrogens with zero attached hydrogens (tertiary/aromatic N) is 5. The van der Waals surface area contributed by atoms with Crippen molar-refractivity contribution in [3.8, 4) is 11.1 Å². The lowest BCUT2D eigenvalue weighted by molar-refractivity contribution is 1.06. The van der Waals surface area contributed by atoms with Crippen LogP contribution in [0.1, 0.15) is 11.4 Å². The molecule has 0 unspecified atom stereocenters. The van der Waals surface area contributed by atoms with Crippen molar-refractivity contribution in [3.05, 3.63) is 36.0 Å². The molecule has 0 bridgehead atoms. The van der Waals surface area contributed by atoms with E-state index in [4.69, 9.17) is 5.73 Å². The summed E-state index contributed by atoms with van der Waals surface area (Å²) in [7, 11) is 0. The van der Waals surface area contributed by atoms with Crippen molar-refractivity contribution in [3.63, 3.8) is 0 Å². The van der Waals surface area contributed by atoms with Crippen molar-refractivity contribution in [1.82, 2.24) is 24.6 Å². The normalized spacial score (nSPS) is 11.0. The first-order valence-corrected chi connectivity index (χ1v) is 5.56. The van der Waals surface area contributed by atoms with E-state index in [2.05, 4.69) is 20.2 Å². The molecule has 0 aromatic carbocycles. The Balaban J connectivity index is 2.43. The lowest BCUT2D eigenvalue weighted by Gasteiger charge is -2.10. The first-order chi connectivity index (χ1) is 8.68. The second-order valence-corrected chi connectivity index (χ2v) is 4.09. The zero-order valence-electron chi connectivity index (χ0n) is 10.1. The van der Waals surface area contributed by atoms with Gasteiger partial charge in [0.1, 0.15) is 6.33 Å². The minimum Gasteiger partial charge on any atom is -0.369 e. The summed E-state index contributed by atoms with van der Waals surface area (Å²) in [5, 5.41) is 8.01. The number of nitrogens with two attached hydrogens (primary N) is 1. The molecule has 0 saturated heterocycles. The van der Waals surface area contributed by atoms with Crippen molar-refractivity contribution < 1.29 is 0 Å². The smallest absolute Gasteiger partial charge is 0.207 e. The molecule has 3 rings (SSSR count). The fourth-order valence-electron chi connectivity index (χ4n) is 2.08. The summed E-state index contributed by atoms with van der Waals surface area (Å²) in [4.78, 5) is 8.62. The second-order valence-electron chi connectivity index (χ2n) is 4.09. The van der Waals surface area contributed by atoms with Crippen LogP contribution in [0.15, 0.2) is 24.7 Å². The number of pyridine rings is 1. The Labute approximate surface area is 104 Å². The van der Waals surface area contributed by atoms with E-state index >= 15 is 0 Å². The molecule has 0 atom stereocenters. The van der Waals surface area contributed by atoms with Gasteiger partial charge in [-0.2, -0.15) is 0 Å². The molecular formula is C12H12N6. The molecule has 0 spiro atoms. The minimum absolute atomic E-state index is 0.387. The highest BCUT2D eigenvalue weighted by Gasteiger charge is 2.15. The van der Waals surface area contributed by atoms with Gasteiger partial charge in [-0.3, -0.25) is 9.38 Å². The summed E-state index contributed by atoms with van der Waals surface area (Å²) in [6.45, 7) is 3.87. The maximum absolute atomic E-state index is 5.84. The monoisotopic (exact) mass is 240 g/mol. The first kappa shape index (κ1) is 10.6. The fraction of sp³-hybridized carbons (Fsp3) is 0.167. The van der Waals surface area contributed by atoms with Crippen LogP contribution in [-0.4, -0.2) is 24.6 Å². The number of rotatable bonds is 1. The molecule has 0 aliphatic heterocycles. The van der Waals surface area contributed by atoms with E-state index in [1.807, 2.05) is 26.0 Å². The number of nitrogen functional groups attached to an aromatic ring is 1. The van der Waals surface area contributed by atoms with E-state index in [1.54, 1.807) is 16.9 Å². The van der Waals surface area contributed by atoms with Crippen LogP contribution in [0.2, 0.25) is 0 Å². The largest absolute Gasteiger partial charge is 0.369 e. The summed E-state index contributed by atoms with van der Waals surface area (Å²) < 4.78 is 1.68. The molecule has 0 radical (unpaired) electrons. The standard InChI is InChI=1S/C12H12N6/c1-7-9(4-3-5-14-7)10-8(2)16-12(13)18-6-15-17-11(10)18/h3-6H,1-2H3,(H2,13,16). The Morgan fingerprint density at radius 3 is 2.83 bits per heavy atom. The second kappa shape index (κ2) is 3.76. The van der Waals surface area contributed by atoms with Crippen molar-refractivity contribution in [2.75, 3.05) is 5.73 Å². The van der Waals surface area contributed by atoms with Gasteiger partial charge < -0.3 is 5.73 Å². The maximum atomic E-state index is 5.84. The Bertz CT molecular complexity index is 731. The van der Waals surface area contributed by atoms with Crippen LogP contribution in [0, 0.1) is 13.8 Å². The first-order valence-electron chi connectivity index (χ1n) is 5.56. The Kier molecular flexibility index (Phi) is 2.22. The highest BCUT2D eigenvalue weighted by Crippen LogP contribution is 2.28. The molecule has 90 valence electrons. The van der Waals surface area contributed by atoms with Gasteiger partial charge in [-0.25, -0.2) is 4.98 Å². The summed E-state index contributed by atoms with van der Waals surface area (Å²) >= 11 is 0. The molecule has 0 fully saturated rings. The third-order valence-corrected chi connectivity index (χ3v) is 2.94. The van der Waals surface area contributed by atoms with Crippen molar-refractivity contribution in [2.24, 2.45) is 0 Å². The third-order valence-electron chi connectivity index (χ3n) is 2.94. The van der Waals surface area contributed by atoms with Crippen molar-refractivity contribution >= 4 is 11.6 Å². The molecule has 6 nitrogen and oxygen atoms in total. The van der Waals surface area contributed by atoms with E-state index < -0.39 is 0 Å². The number of aromatic nitrogens is 5. The predicted octanol–water partition coefficient (Wildman–Crippen LogP) is 1.39. The van der Waals surface area contributed by atoms with E-state index in [9.17, 15) is 0 Å². The molecule has 18 heavy (non-hydrogen) atoms. The zero-order chi connectivity index (χ0) is 12.7. The number of anilines is 1. The summed E-state index contributed by atoms with van der Waals surface area (Å²) in [5.41, 5.74) is 10.2. The minimum atomic E-state index is 0.387. The summed E-state index contributed by atoms with van der Waals surface area (Å²) in [6, 6.07) is 3.89. The number of aryl methyl sites for hydroxylation is 2. The van der Waals surface area contributed by atoms with Gasteiger partial charge >= 0.3 is 0 Å². The average molecular weight is 240 g/mol. The molecule has 3 heterocycles. The molecule has 3 aromatic heterocycles. The van der Waals surface area contributed by atoms with Gasteiger partial charge in [0.25, 0.3) is 0 Å². The zero-order valence-corrected chi connectivity index (χ0v) is 10.1. The highest BCUT2D eigenvalue weighted by molar-refractivity contribution is 5.81. The topological polar surface area (TPSA) is 82.0 Å². The van der Waals surface area contributed by atoms with Gasteiger partial charge in [-0.1, -0.05) is 6.07 Å². The summed E-state index contributed by atoms with van der Waals surface area (Å²) in [5.74, 6) is 0.387. The number of hydrogen-bond donors (Lipinski definition) is 1. The van der Waals surface area contributed by atoms with Gasteiger partial charge in [0, 0.05) is 17.5 Å². The van der Waals surface area contributed by atoms with E-state index in [-0.39, 0.29) is 0 Å². The quantitative estimate of drug-likeness (QED) is 0.695. The molecule has 0 amide bonds. The molecule has 0 saturated carbocycles. The highest BCUT2D eigenvalue weighted by atomic mass is 15.3. The van der Waals surface area contributed by atoms with Gasteiger partial charge in [0.05, 0.1) is 11.3 Å². The van der Waals surface area contributed by atoms with Crippen LogP contribution < -0.4 is 5.73 Å². The maximum Gasteiger partial charge on any atom is 0.207 e. The molecule has 0 aliphatic carbocycles. The SMILES string of the molecule is Cc1ncccc1-c1c(C)nc(N)n2cnnc12. The Morgan fingerprint density at radius 2 is 2.06 bits per heavy atom. The van der Waals surface area contributed by atoms with Gasteiger partial charge in [-0.05, 0) is 19.9 Å². The molecule has 3 aromatic rings. The van der Waals surface area contributed by atoms with Gasteiger partial charge in [0.2, 0.25) is 5.95 Å². The van der Waals surface area contributed by atoms with E-state index in [0.29, 0.717) is 11.6 Å². The van der Waals surface area contributed by atoms with Crippen LogP contribution in [0.25, 0.3) is 16.8 Å². The fourth-order valence-corrected chi connectivity index (χ4v) is 2.08. The molecule has 0 aliphatic rings. The molecule has 2 N–H and O–H groups in total. The Hall–Kier alpha value is -2.50. The Morgan fingerprint density at radius 1 is 1.22 bits per heavy atom. The lowest BCUT2D eigenvalue weighted by Crippen LogP contribution is -2.04. The van der Waals surface area contributed by atoms with Gasteiger partial charge in [-0.15, -0.1) is 10.2 Å². The van der Waals surface area contributed by atoms with Crippen LogP contribution in [0.3, 0.4) is 0 Å². The summed E-state index contributed by atoms with van der Waals surface area (Å²) in [6.07, 6.45) is 3.33. The van der Waals surface area contributed by atoms with Crippen molar-refractivity contribution in [1.29, 1.82) is 0 Å². The number of fused-ring (bicyclic) bond motifs is 1. The lowest BCUT2D eigenvalue weighted by atomic mass is 10.0. The van der Waals surface area contributed by atoms with Gasteiger partial charge in [0.15, 0.2) is 5.65 Å². The van der Waals surface area contributed by atoms with E-state index in [1.165, 1.54) is 0 Å². The predicted molar refractivity (Wildman–Crippen MR) is 67.9 cm³/mol. The van der Waals surface area contributed by atoms with Crippen LogP contribution in [-0.2, 0) is 0 Å². The van der Waals surface area contributed by atoms with Crippen LogP contribution in [0.5, 0.6) is 0 Å². The van der Waals surface area contributed by atoms with Crippen molar-refractivity contribution in [2.45, 2.75) is 13.8 Å². The molecular weight excluding hydrogens is 228 g/mol. The van der Waals surface area contributed by atoms with Crippen LogP contribution >= 0.6 is 0 Å². The van der Waals surface area contributed by atoms with Crippen LogP contribution in [0.4, 0.5) is 5.95 Å². The number of hydrogen-bond acceptors (Lipinski definition) is 5. The molecule has 6 heteroatoms. The van der Waals surface area contributed by atoms with E-state index in [0.717, 1.165) is 22.5 Å². The third kappa shape index (κ3) is 1.42.